The number of hydrogen-bond acceptors (Lipinski definition) is 2. The summed E-state index contributed by atoms with van der Waals surface area (Å²) in [5.74, 6) is -2.84. The summed E-state index contributed by atoms with van der Waals surface area (Å²) in [6.07, 6.45) is -4.34. The number of aliphatic hydroxyl groups is 1. The Labute approximate surface area is 79.0 Å². The number of likely N-dealkylation sites (tertiary alicyclic amines) is 1. The first kappa shape index (κ1) is 11.1. The molecule has 0 aromatic heterocycles. The minimum atomic E-state index is -4.34. The molecule has 1 fully saturated rings. The van der Waals surface area contributed by atoms with Crippen LogP contribution < -0.4 is 5.73 Å². The lowest BCUT2D eigenvalue weighted by Gasteiger charge is -2.18. The van der Waals surface area contributed by atoms with E-state index in [0.29, 0.717) is 0 Å². The molecule has 4 N–H and O–H groups in total. The van der Waals surface area contributed by atoms with Gasteiger partial charge in [-0.15, -0.1) is 0 Å². The van der Waals surface area contributed by atoms with E-state index in [1.807, 2.05) is 0 Å². The molecule has 1 aliphatic heterocycles. The Morgan fingerprint density at radius 3 is 2.36 bits per heavy atom. The largest absolute Gasteiger partial charge is 0.396 e. The number of hydrogen-bond donors (Lipinski definition) is 3. The molecule has 7 heteroatoms. The predicted molar refractivity (Wildman–Crippen MR) is 43.6 cm³/mol. The molecule has 4 nitrogen and oxygen atoms in total. The zero-order valence-electron chi connectivity index (χ0n) is 7.38. The summed E-state index contributed by atoms with van der Waals surface area (Å²) in [5, 5.41) is 15.8. The molecule has 0 aliphatic carbocycles. The minimum Gasteiger partial charge on any atom is -0.396 e. The first-order chi connectivity index (χ1) is 6.36. The first-order valence-electron chi connectivity index (χ1n) is 4.12. The molecule has 0 saturated carbocycles. The van der Waals surface area contributed by atoms with Crippen molar-refractivity contribution in [1.82, 2.24) is 4.90 Å². The van der Waals surface area contributed by atoms with Crippen molar-refractivity contribution >= 4 is 5.96 Å². The van der Waals surface area contributed by atoms with Crippen LogP contribution in [0.25, 0.3) is 0 Å². The molecule has 2 atom stereocenters. The molecule has 82 valence electrons. The van der Waals surface area contributed by atoms with E-state index in [1.54, 1.807) is 0 Å². The van der Waals surface area contributed by atoms with E-state index >= 15 is 0 Å². The second kappa shape index (κ2) is 3.64. The fraction of sp³-hybridized carbons (Fsp3) is 0.857. The number of aliphatic hydroxyl groups excluding tert-OH is 1. The normalized spacial score (nSPS) is 28.1. The van der Waals surface area contributed by atoms with Crippen molar-refractivity contribution in [3.05, 3.63) is 0 Å². The van der Waals surface area contributed by atoms with Crippen LogP contribution in [0.1, 0.15) is 0 Å². The van der Waals surface area contributed by atoms with Gasteiger partial charge in [-0.1, -0.05) is 0 Å². The van der Waals surface area contributed by atoms with Crippen LogP contribution in [0.15, 0.2) is 0 Å². The van der Waals surface area contributed by atoms with Crippen LogP contribution in [0.2, 0.25) is 0 Å². The summed E-state index contributed by atoms with van der Waals surface area (Å²) in [5.41, 5.74) is 5.08. The summed E-state index contributed by atoms with van der Waals surface area (Å²) < 4.78 is 37.2. The van der Waals surface area contributed by atoms with Crippen LogP contribution in [-0.4, -0.2) is 41.8 Å². The molecule has 0 bridgehead atoms. The van der Waals surface area contributed by atoms with E-state index in [1.165, 1.54) is 0 Å². The number of nitrogens with zero attached hydrogens (tertiary/aromatic N) is 1. The van der Waals surface area contributed by atoms with Gasteiger partial charge in [-0.05, 0) is 0 Å². The van der Waals surface area contributed by atoms with Gasteiger partial charge in [0, 0.05) is 25.6 Å². The highest BCUT2D eigenvalue weighted by atomic mass is 19.4. The lowest BCUT2D eigenvalue weighted by molar-refractivity contribution is -0.182. The molecule has 0 unspecified atom stereocenters. The smallest absolute Gasteiger partial charge is 0.393 e. The standard InChI is InChI=1S/C7H12F3N3O/c8-7(9,10)5-2-13(6(11)12)1-4(5)3-14/h4-5,14H,1-3H2,(H3,11,12)/t4-,5-/m1/s1. The van der Waals surface area contributed by atoms with Crippen LogP contribution in [0, 0.1) is 17.2 Å². The number of rotatable bonds is 1. The Morgan fingerprint density at radius 1 is 1.50 bits per heavy atom. The molecule has 0 aromatic carbocycles. The van der Waals surface area contributed by atoms with Crippen molar-refractivity contribution in [2.24, 2.45) is 17.6 Å². The summed E-state index contributed by atoms with van der Waals surface area (Å²) in [7, 11) is 0. The molecule has 0 radical (unpaired) electrons. The van der Waals surface area contributed by atoms with E-state index in [2.05, 4.69) is 0 Å². The molecule has 1 rings (SSSR count). The van der Waals surface area contributed by atoms with Crippen molar-refractivity contribution in [2.45, 2.75) is 6.18 Å². The topological polar surface area (TPSA) is 73.3 Å². The third kappa shape index (κ3) is 2.09. The molecule has 1 aliphatic rings. The van der Waals surface area contributed by atoms with Crippen LogP contribution in [-0.2, 0) is 0 Å². The van der Waals surface area contributed by atoms with Gasteiger partial charge in [0.1, 0.15) is 0 Å². The van der Waals surface area contributed by atoms with Gasteiger partial charge in [0.25, 0.3) is 0 Å². The quantitative estimate of drug-likeness (QED) is 0.421. The molecule has 0 amide bonds. The molecular weight excluding hydrogens is 199 g/mol. The van der Waals surface area contributed by atoms with Gasteiger partial charge in [0.15, 0.2) is 5.96 Å². The predicted octanol–water partition coefficient (Wildman–Crippen LogP) is -0.0175. The van der Waals surface area contributed by atoms with Gasteiger partial charge in [0.2, 0.25) is 0 Å². The van der Waals surface area contributed by atoms with E-state index in [4.69, 9.17) is 16.2 Å². The Balaban J connectivity index is 2.73. The highest BCUT2D eigenvalue weighted by Gasteiger charge is 2.49. The molecular formula is C7H12F3N3O. The van der Waals surface area contributed by atoms with Crippen LogP contribution in [0.4, 0.5) is 13.2 Å². The van der Waals surface area contributed by atoms with Gasteiger partial charge >= 0.3 is 6.18 Å². The van der Waals surface area contributed by atoms with E-state index < -0.39 is 24.6 Å². The number of halogens is 3. The summed E-state index contributed by atoms with van der Waals surface area (Å²) >= 11 is 0. The van der Waals surface area contributed by atoms with E-state index in [-0.39, 0.29) is 19.0 Å². The second-order valence-electron chi connectivity index (χ2n) is 3.38. The lowest BCUT2D eigenvalue weighted by atomic mass is 9.97. The first-order valence-corrected chi connectivity index (χ1v) is 4.12. The fourth-order valence-corrected chi connectivity index (χ4v) is 1.62. The molecule has 1 heterocycles. The van der Waals surface area contributed by atoms with Gasteiger partial charge in [-0.25, -0.2) is 0 Å². The van der Waals surface area contributed by atoms with Crippen molar-refractivity contribution in [2.75, 3.05) is 19.7 Å². The Kier molecular flexibility index (Phi) is 2.89. The van der Waals surface area contributed by atoms with Crippen LogP contribution in [0.3, 0.4) is 0 Å². The molecule has 0 spiro atoms. The average molecular weight is 211 g/mol. The monoisotopic (exact) mass is 211 g/mol. The fourth-order valence-electron chi connectivity index (χ4n) is 1.62. The summed E-state index contributed by atoms with van der Waals surface area (Å²) in [6.45, 7) is -0.867. The van der Waals surface area contributed by atoms with Gasteiger partial charge in [0.05, 0.1) is 5.92 Å². The zero-order valence-corrected chi connectivity index (χ0v) is 7.38. The maximum atomic E-state index is 12.4. The van der Waals surface area contributed by atoms with Gasteiger partial charge < -0.3 is 15.7 Å². The summed E-state index contributed by atoms with van der Waals surface area (Å²) in [4.78, 5) is 1.12. The zero-order chi connectivity index (χ0) is 10.9. The Bertz CT molecular complexity index is 231. The highest BCUT2D eigenvalue weighted by Crippen LogP contribution is 2.36. The SMILES string of the molecule is N=C(N)N1C[C@H](CO)[C@H](C(F)(F)F)C1. The van der Waals surface area contributed by atoms with Crippen molar-refractivity contribution in [3.8, 4) is 0 Å². The second-order valence-corrected chi connectivity index (χ2v) is 3.38. The molecule has 1 saturated heterocycles. The Morgan fingerprint density at radius 2 is 2.07 bits per heavy atom. The summed E-state index contributed by atoms with van der Waals surface area (Å²) in [6, 6.07) is 0. The Hall–Kier alpha value is -0.980. The lowest BCUT2D eigenvalue weighted by Crippen LogP contribution is -2.36. The number of guanidine groups is 1. The molecule has 14 heavy (non-hydrogen) atoms. The van der Waals surface area contributed by atoms with Crippen LogP contribution in [0.5, 0.6) is 0 Å². The average Bonchev–Trinajstić information content (AvgIpc) is 2.46. The van der Waals surface area contributed by atoms with Crippen molar-refractivity contribution in [3.63, 3.8) is 0 Å². The third-order valence-electron chi connectivity index (χ3n) is 2.44. The molecule has 0 aromatic rings. The van der Waals surface area contributed by atoms with Crippen molar-refractivity contribution in [1.29, 1.82) is 5.41 Å². The van der Waals surface area contributed by atoms with Gasteiger partial charge in [-0.2, -0.15) is 13.2 Å². The number of alkyl halides is 3. The highest BCUT2D eigenvalue weighted by molar-refractivity contribution is 5.74. The maximum absolute atomic E-state index is 12.4. The third-order valence-corrected chi connectivity index (χ3v) is 2.44. The van der Waals surface area contributed by atoms with E-state index in [0.717, 1.165) is 4.90 Å². The number of nitrogens with two attached hydrogens (primary N) is 1. The van der Waals surface area contributed by atoms with Crippen molar-refractivity contribution < 1.29 is 18.3 Å². The van der Waals surface area contributed by atoms with E-state index in [9.17, 15) is 13.2 Å². The number of nitrogens with one attached hydrogen (secondary N) is 1. The maximum Gasteiger partial charge on any atom is 0.393 e. The van der Waals surface area contributed by atoms with Crippen LogP contribution >= 0.6 is 0 Å². The van der Waals surface area contributed by atoms with Gasteiger partial charge in [-0.3, -0.25) is 5.41 Å². The minimum absolute atomic E-state index is 0.00396.